The maximum absolute atomic E-state index is 13.2. The Kier molecular flexibility index (Phi) is 7.39. The first-order valence-corrected chi connectivity index (χ1v) is 11.4. The molecule has 0 bridgehead atoms. The summed E-state index contributed by atoms with van der Waals surface area (Å²) < 4.78 is 11.0. The van der Waals surface area contributed by atoms with E-state index in [4.69, 9.17) is 9.47 Å². The van der Waals surface area contributed by atoms with Gasteiger partial charge in [-0.2, -0.15) is 0 Å². The lowest BCUT2D eigenvalue weighted by Crippen LogP contribution is -2.43. The zero-order valence-electron chi connectivity index (χ0n) is 18.6. The summed E-state index contributed by atoms with van der Waals surface area (Å²) in [5.41, 5.74) is 2.41. The van der Waals surface area contributed by atoms with Gasteiger partial charge in [-0.05, 0) is 49.6 Å². The molecule has 1 N–H and O–H groups in total. The molecule has 1 atom stereocenters. The predicted octanol–water partition coefficient (Wildman–Crippen LogP) is 3.16. The van der Waals surface area contributed by atoms with Gasteiger partial charge in [-0.25, -0.2) is 0 Å². The highest BCUT2D eigenvalue weighted by molar-refractivity contribution is 6.02. The third-order valence-corrected chi connectivity index (χ3v) is 5.94. The molecule has 2 heterocycles. The number of carbonyl (C=O) groups excluding carboxylic acids is 2. The number of benzene rings is 2. The Morgan fingerprint density at radius 2 is 1.91 bits per heavy atom. The van der Waals surface area contributed by atoms with Crippen LogP contribution in [-0.2, 0) is 16.1 Å². The number of ether oxygens (including phenoxy) is 2. The standard InChI is InChI=1S/C25H31N3O4/c1-2-32-23-11-4-3-9-21(23)25(30)28-12-6-10-22(28)24(29)26-20-8-5-7-19(17-20)18-27-13-15-31-16-14-27/h3-5,7-9,11,17,22H,2,6,10,12-16,18H2,1H3,(H,26,29). The highest BCUT2D eigenvalue weighted by Crippen LogP contribution is 2.26. The fourth-order valence-electron chi connectivity index (χ4n) is 4.35. The Balaban J connectivity index is 1.43. The molecule has 2 aliphatic rings. The molecule has 2 fully saturated rings. The van der Waals surface area contributed by atoms with Gasteiger partial charge in [0, 0.05) is 31.9 Å². The third-order valence-electron chi connectivity index (χ3n) is 5.94. The van der Waals surface area contributed by atoms with Crippen LogP contribution in [0, 0.1) is 0 Å². The van der Waals surface area contributed by atoms with E-state index in [9.17, 15) is 9.59 Å². The number of morpholine rings is 1. The van der Waals surface area contributed by atoms with Gasteiger partial charge in [0.15, 0.2) is 0 Å². The lowest BCUT2D eigenvalue weighted by Gasteiger charge is -2.27. The Morgan fingerprint density at radius 1 is 1.09 bits per heavy atom. The molecule has 0 radical (unpaired) electrons. The Morgan fingerprint density at radius 3 is 2.72 bits per heavy atom. The van der Waals surface area contributed by atoms with E-state index in [2.05, 4.69) is 16.3 Å². The van der Waals surface area contributed by atoms with Crippen LogP contribution in [0.4, 0.5) is 5.69 Å². The molecule has 0 saturated carbocycles. The van der Waals surface area contributed by atoms with Crippen molar-refractivity contribution >= 4 is 17.5 Å². The number of hydrogen-bond donors (Lipinski definition) is 1. The number of amides is 2. The molecule has 7 nitrogen and oxygen atoms in total. The first-order valence-electron chi connectivity index (χ1n) is 11.4. The largest absolute Gasteiger partial charge is 0.493 e. The van der Waals surface area contributed by atoms with Crippen LogP contribution in [0.25, 0.3) is 0 Å². The molecule has 0 aliphatic carbocycles. The fourth-order valence-corrected chi connectivity index (χ4v) is 4.35. The summed E-state index contributed by atoms with van der Waals surface area (Å²) >= 11 is 0. The number of hydrogen-bond acceptors (Lipinski definition) is 5. The second-order valence-corrected chi connectivity index (χ2v) is 8.16. The molecular weight excluding hydrogens is 406 g/mol. The van der Waals surface area contributed by atoms with Crippen LogP contribution in [0.2, 0.25) is 0 Å². The number of para-hydroxylation sites is 1. The molecule has 2 aromatic carbocycles. The van der Waals surface area contributed by atoms with E-state index in [1.165, 1.54) is 0 Å². The van der Waals surface area contributed by atoms with E-state index in [1.54, 1.807) is 17.0 Å². The number of carbonyl (C=O) groups is 2. The van der Waals surface area contributed by atoms with Crippen LogP contribution in [0.15, 0.2) is 48.5 Å². The minimum absolute atomic E-state index is 0.145. The van der Waals surface area contributed by atoms with Gasteiger partial charge in [0.25, 0.3) is 5.91 Å². The molecule has 2 saturated heterocycles. The van der Waals surface area contributed by atoms with E-state index >= 15 is 0 Å². The van der Waals surface area contributed by atoms with Crippen molar-refractivity contribution in [1.29, 1.82) is 0 Å². The Hall–Kier alpha value is -2.90. The van der Waals surface area contributed by atoms with Crippen LogP contribution in [0.3, 0.4) is 0 Å². The molecule has 0 aromatic heterocycles. The molecule has 7 heteroatoms. The highest BCUT2D eigenvalue weighted by atomic mass is 16.5. The normalized spacial score (nSPS) is 19.0. The van der Waals surface area contributed by atoms with E-state index < -0.39 is 6.04 Å². The lowest BCUT2D eigenvalue weighted by atomic mass is 10.1. The number of likely N-dealkylation sites (tertiary alicyclic amines) is 1. The van der Waals surface area contributed by atoms with Crippen LogP contribution >= 0.6 is 0 Å². The first-order chi connectivity index (χ1) is 15.7. The Labute approximate surface area is 189 Å². The van der Waals surface area contributed by atoms with Crippen molar-refractivity contribution in [3.05, 3.63) is 59.7 Å². The zero-order valence-corrected chi connectivity index (χ0v) is 18.6. The second-order valence-electron chi connectivity index (χ2n) is 8.16. The molecule has 2 aromatic rings. The smallest absolute Gasteiger partial charge is 0.258 e. The van der Waals surface area contributed by atoms with Gasteiger partial charge < -0.3 is 19.7 Å². The number of nitrogens with zero attached hydrogens (tertiary/aromatic N) is 2. The van der Waals surface area contributed by atoms with Gasteiger partial charge in [-0.15, -0.1) is 0 Å². The van der Waals surface area contributed by atoms with Crippen molar-refractivity contribution in [2.45, 2.75) is 32.4 Å². The second kappa shape index (κ2) is 10.6. The topological polar surface area (TPSA) is 71.1 Å². The molecule has 170 valence electrons. The maximum Gasteiger partial charge on any atom is 0.258 e. The first kappa shape index (κ1) is 22.3. The van der Waals surface area contributed by atoms with Crippen molar-refractivity contribution in [3.63, 3.8) is 0 Å². The maximum atomic E-state index is 13.2. The van der Waals surface area contributed by atoms with E-state index in [-0.39, 0.29) is 11.8 Å². The molecule has 4 rings (SSSR count). The van der Waals surface area contributed by atoms with E-state index in [1.807, 2.05) is 37.3 Å². The summed E-state index contributed by atoms with van der Waals surface area (Å²) in [4.78, 5) is 30.4. The van der Waals surface area contributed by atoms with Crippen LogP contribution < -0.4 is 10.1 Å². The molecule has 2 amide bonds. The quantitative estimate of drug-likeness (QED) is 0.721. The monoisotopic (exact) mass is 437 g/mol. The fraction of sp³-hybridized carbons (Fsp3) is 0.440. The van der Waals surface area contributed by atoms with Crippen molar-refractivity contribution in [1.82, 2.24) is 9.80 Å². The average molecular weight is 438 g/mol. The number of nitrogens with one attached hydrogen (secondary N) is 1. The minimum atomic E-state index is -0.486. The van der Waals surface area contributed by atoms with Gasteiger partial charge in [0.2, 0.25) is 5.91 Å². The average Bonchev–Trinajstić information content (AvgIpc) is 3.30. The predicted molar refractivity (Wildman–Crippen MR) is 123 cm³/mol. The lowest BCUT2D eigenvalue weighted by molar-refractivity contribution is -0.119. The summed E-state index contributed by atoms with van der Waals surface area (Å²) in [7, 11) is 0. The SMILES string of the molecule is CCOc1ccccc1C(=O)N1CCCC1C(=O)Nc1cccc(CN2CCOCC2)c1. The summed E-state index contributed by atoms with van der Waals surface area (Å²) in [6.45, 7) is 7.11. The molecule has 32 heavy (non-hydrogen) atoms. The van der Waals surface area contributed by atoms with Gasteiger partial charge in [-0.1, -0.05) is 24.3 Å². The van der Waals surface area contributed by atoms with E-state index in [0.717, 1.165) is 50.5 Å². The Bertz CT molecular complexity index is 942. The summed E-state index contributed by atoms with van der Waals surface area (Å²) in [5, 5.41) is 3.03. The number of anilines is 1. The van der Waals surface area contributed by atoms with Gasteiger partial charge in [-0.3, -0.25) is 14.5 Å². The molecular formula is C25H31N3O4. The molecule has 1 unspecified atom stereocenters. The van der Waals surface area contributed by atoms with Gasteiger partial charge >= 0.3 is 0 Å². The van der Waals surface area contributed by atoms with Crippen molar-refractivity contribution in [2.24, 2.45) is 0 Å². The molecule has 2 aliphatic heterocycles. The highest BCUT2D eigenvalue weighted by Gasteiger charge is 2.35. The van der Waals surface area contributed by atoms with Crippen LogP contribution in [-0.4, -0.2) is 67.1 Å². The zero-order chi connectivity index (χ0) is 22.3. The summed E-state index contributed by atoms with van der Waals surface area (Å²) in [6.07, 6.45) is 1.46. The third kappa shape index (κ3) is 5.29. The van der Waals surface area contributed by atoms with Gasteiger partial charge in [0.1, 0.15) is 11.8 Å². The number of rotatable bonds is 7. The van der Waals surface area contributed by atoms with E-state index in [0.29, 0.717) is 30.9 Å². The van der Waals surface area contributed by atoms with Gasteiger partial charge in [0.05, 0.1) is 25.4 Å². The minimum Gasteiger partial charge on any atom is -0.493 e. The summed E-state index contributed by atoms with van der Waals surface area (Å²) in [5.74, 6) is 0.253. The summed E-state index contributed by atoms with van der Waals surface area (Å²) in [6, 6.07) is 14.7. The van der Waals surface area contributed by atoms with Crippen molar-refractivity contribution in [3.8, 4) is 5.75 Å². The van der Waals surface area contributed by atoms with Crippen LogP contribution in [0.5, 0.6) is 5.75 Å². The molecule has 0 spiro atoms. The van der Waals surface area contributed by atoms with Crippen molar-refractivity contribution in [2.75, 3.05) is 44.8 Å². The van der Waals surface area contributed by atoms with Crippen molar-refractivity contribution < 1.29 is 19.1 Å². The van der Waals surface area contributed by atoms with Crippen LogP contribution in [0.1, 0.15) is 35.7 Å².